The summed E-state index contributed by atoms with van der Waals surface area (Å²) >= 11 is 0. The van der Waals surface area contributed by atoms with Gasteiger partial charge in [-0.15, -0.1) is 0 Å². The summed E-state index contributed by atoms with van der Waals surface area (Å²) in [5.41, 5.74) is 2.45. The number of aryl methyl sites for hydroxylation is 1. The Morgan fingerprint density at radius 3 is 2.59 bits per heavy atom. The van der Waals surface area contributed by atoms with E-state index in [1.807, 2.05) is 26.0 Å². The van der Waals surface area contributed by atoms with Gasteiger partial charge in [-0.2, -0.15) is 0 Å². The summed E-state index contributed by atoms with van der Waals surface area (Å²) in [4.78, 5) is 28.0. The molecule has 1 aliphatic rings. The van der Waals surface area contributed by atoms with E-state index in [2.05, 4.69) is 17.9 Å². The third-order valence-corrected chi connectivity index (χ3v) is 4.87. The van der Waals surface area contributed by atoms with E-state index < -0.39 is 0 Å². The van der Waals surface area contributed by atoms with Gasteiger partial charge in [-0.1, -0.05) is 32.9 Å². The summed E-state index contributed by atoms with van der Waals surface area (Å²) in [6, 6.07) is 7.64. The molecule has 0 bridgehead atoms. The van der Waals surface area contributed by atoms with E-state index in [4.69, 9.17) is 9.15 Å². The molecule has 27 heavy (non-hydrogen) atoms. The van der Waals surface area contributed by atoms with Crippen molar-refractivity contribution in [2.24, 2.45) is 5.92 Å². The Balaban J connectivity index is 1.65. The molecular formula is C21H28N2O4. The second kappa shape index (κ2) is 8.57. The molecule has 146 valence electrons. The number of nitrogens with zero attached hydrogens (tertiary/aromatic N) is 2. The summed E-state index contributed by atoms with van der Waals surface area (Å²) < 4.78 is 10.7. The highest BCUT2D eigenvalue weighted by Crippen LogP contribution is 2.21. The number of benzene rings is 1. The van der Waals surface area contributed by atoms with E-state index in [1.54, 1.807) is 11.0 Å². The van der Waals surface area contributed by atoms with Crippen LogP contribution in [0.25, 0.3) is 11.0 Å². The standard InChI is InChI=1S/C21H28N2O4/c1-4-16-5-6-18-17(12-20(24)27-19(18)11-16)13-22-7-9-23(10-8-22)21(25)26-14-15(2)3/h5-6,11-12,15H,4,7-10,13-14H2,1-3H3. The molecule has 1 aromatic heterocycles. The molecule has 2 heterocycles. The van der Waals surface area contributed by atoms with E-state index in [0.717, 1.165) is 36.0 Å². The largest absolute Gasteiger partial charge is 0.449 e. The van der Waals surface area contributed by atoms with Gasteiger partial charge >= 0.3 is 11.7 Å². The second-order valence-corrected chi connectivity index (χ2v) is 7.51. The normalized spacial score (nSPS) is 15.5. The fourth-order valence-electron chi connectivity index (χ4n) is 3.28. The minimum Gasteiger partial charge on any atom is -0.449 e. The summed E-state index contributed by atoms with van der Waals surface area (Å²) in [6.45, 7) is 10.0. The summed E-state index contributed by atoms with van der Waals surface area (Å²) in [6.07, 6.45) is 0.667. The van der Waals surface area contributed by atoms with Gasteiger partial charge in [-0.3, -0.25) is 4.90 Å². The Kier molecular flexibility index (Phi) is 6.16. The van der Waals surface area contributed by atoms with Gasteiger partial charge in [0.05, 0.1) is 6.61 Å². The lowest BCUT2D eigenvalue weighted by atomic mass is 10.1. The van der Waals surface area contributed by atoms with Crippen molar-refractivity contribution in [3.05, 3.63) is 45.8 Å². The molecule has 0 N–H and O–H groups in total. The topological polar surface area (TPSA) is 63.0 Å². The van der Waals surface area contributed by atoms with Gasteiger partial charge in [0, 0.05) is 44.2 Å². The maximum Gasteiger partial charge on any atom is 0.409 e. The zero-order valence-electron chi connectivity index (χ0n) is 16.4. The van der Waals surface area contributed by atoms with Crippen molar-refractivity contribution in [3.8, 4) is 0 Å². The number of hydrogen-bond donors (Lipinski definition) is 0. The van der Waals surface area contributed by atoms with Gasteiger partial charge in [0.15, 0.2) is 0 Å². The number of carbonyl (C=O) groups excluding carboxylic acids is 1. The van der Waals surface area contributed by atoms with Crippen LogP contribution in [0.2, 0.25) is 0 Å². The molecular weight excluding hydrogens is 344 g/mol. The van der Waals surface area contributed by atoms with Crippen molar-refractivity contribution in [2.75, 3.05) is 32.8 Å². The molecule has 2 aromatic rings. The minimum absolute atomic E-state index is 0.235. The molecule has 6 nitrogen and oxygen atoms in total. The minimum atomic E-state index is -0.318. The summed E-state index contributed by atoms with van der Waals surface area (Å²) in [7, 11) is 0. The Morgan fingerprint density at radius 2 is 1.93 bits per heavy atom. The third-order valence-electron chi connectivity index (χ3n) is 4.87. The Bertz CT molecular complexity index is 851. The van der Waals surface area contributed by atoms with Crippen molar-refractivity contribution in [1.82, 2.24) is 9.80 Å². The highest BCUT2D eigenvalue weighted by atomic mass is 16.6. The fourth-order valence-corrected chi connectivity index (χ4v) is 3.28. The zero-order valence-corrected chi connectivity index (χ0v) is 16.4. The molecule has 0 unspecified atom stereocenters. The van der Waals surface area contributed by atoms with Crippen LogP contribution in [-0.4, -0.2) is 48.7 Å². The first-order valence-corrected chi connectivity index (χ1v) is 9.66. The lowest BCUT2D eigenvalue weighted by Crippen LogP contribution is -2.48. The van der Waals surface area contributed by atoms with Crippen molar-refractivity contribution in [2.45, 2.75) is 33.7 Å². The van der Waals surface area contributed by atoms with Crippen molar-refractivity contribution < 1.29 is 13.9 Å². The van der Waals surface area contributed by atoms with Crippen molar-refractivity contribution in [3.63, 3.8) is 0 Å². The third kappa shape index (κ3) is 4.89. The highest BCUT2D eigenvalue weighted by Gasteiger charge is 2.23. The van der Waals surface area contributed by atoms with E-state index in [-0.39, 0.29) is 11.7 Å². The zero-order chi connectivity index (χ0) is 19.4. The SMILES string of the molecule is CCc1ccc2c(CN3CCN(C(=O)OCC(C)C)CC3)cc(=O)oc2c1. The lowest BCUT2D eigenvalue weighted by molar-refractivity contribution is 0.0676. The molecule has 0 saturated carbocycles. The number of fused-ring (bicyclic) bond motifs is 1. The van der Waals surface area contributed by atoms with Crippen LogP contribution in [0.1, 0.15) is 31.9 Å². The van der Waals surface area contributed by atoms with Crippen molar-refractivity contribution in [1.29, 1.82) is 0 Å². The molecule has 1 aliphatic heterocycles. The molecule has 1 fully saturated rings. The van der Waals surface area contributed by atoms with Crippen LogP contribution in [0.3, 0.4) is 0 Å². The first-order chi connectivity index (χ1) is 13.0. The number of ether oxygens (including phenoxy) is 1. The smallest absolute Gasteiger partial charge is 0.409 e. The van der Waals surface area contributed by atoms with E-state index in [0.29, 0.717) is 37.7 Å². The average Bonchev–Trinajstić information content (AvgIpc) is 2.66. The van der Waals surface area contributed by atoms with Crippen LogP contribution in [0.15, 0.2) is 33.5 Å². The van der Waals surface area contributed by atoms with Crippen LogP contribution >= 0.6 is 0 Å². The van der Waals surface area contributed by atoms with Gasteiger partial charge in [0.1, 0.15) is 5.58 Å². The average molecular weight is 372 g/mol. The Morgan fingerprint density at radius 1 is 1.19 bits per heavy atom. The monoisotopic (exact) mass is 372 g/mol. The lowest BCUT2D eigenvalue weighted by Gasteiger charge is -2.34. The molecule has 1 aromatic carbocycles. The molecule has 0 atom stereocenters. The van der Waals surface area contributed by atoms with E-state index in [9.17, 15) is 9.59 Å². The molecule has 1 amide bonds. The number of rotatable bonds is 5. The van der Waals surface area contributed by atoms with Gasteiger partial charge < -0.3 is 14.1 Å². The molecule has 6 heteroatoms. The van der Waals surface area contributed by atoms with Crippen LogP contribution in [0, 0.1) is 5.92 Å². The van der Waals surface area contributed by atoms with Crippen molar-refractivity contribution >= 4 is 17.1 Å². The fraction of sp³-hybridized carbons (Fsp3) is 0.524. The van der Waals surface area contributed by atoms with Gasteiger partial charge in [0.2, 0.25) is 0 Å². The number of hydrogen-bond acceptors (Lipinski definition) is 5. The maximum absolute atomic E-state index is 12.1. The van der Waals surface area contributed by atoms with Crippen LogP contribution in [-0.2, 0) is 17.7 Å². The predicted octanol–water partition coefficient (Wildman–Crippen LogP) is 3.27. The maximum atomic E-state index is 12.1. The van der Waals surface area contributed by atoms with Crippen LogP contribution in [0.4, 0.5) is 4.79 Å². The molecule has 0 spiro atoms. The number of piperazine rings is 1. The molecule has 0 radical (unpaired) electrons. The van der Waals surface area contributed by atoms with E-state index in [1.165, 1.54) is 0 Å². The van der Waals surface area contributed by atoms with Gasteiger partial charge in [-0.25, -0.2) is 9.59 Å². The summed E-state index contributed by atoms with van der Waals surface area (Å²) in [5, 5.41) is 0.977. The molecule has 1 saturated heterocycles. The molecule has 3 rings (SSSR count). The number of amides is 1. The number of carbonyl (C=O) groups is 1. The van der Waals surface area contributed by atoms with Gasteiger partial charge in [0.25, 0.3) is 0 Å². The Labute approximate surface area is 159 Å². The Hall–Kier alpha value is -2.34. The highest BCUT2D eigenvalue weighted by molar-refractivity contribution is 5.80. The molecule has 0 aliphatic carbocycles. The van der Waals surface area contributed by atoms with E-state index >= 15 is 0 Å². The first kappa shape index (κ1) is 19.4. The predicted molar refractivity (Wildman–Crippen MR) is 105 cm³/mol. The second-order valence-electron chi connectivity index (χ2n) is 7.51. The van der Waals surface area contributed by atoms with Crippen LogP contribution < -0.4 is 5.63 Å². The van der Waals surface area contributed by atoms with Gasteiger partial charge in [-0.05, 0) is 29.5 Å². The summed E-state index contributed by atoms with van der Waals surface area (Å²) in [5.74, 6) is 0.335. The van der Waals surface area contributed by atoms with Crippen LogP contribution in [0.5, 0.6) is 0 Å². The first-order valence-electron chi connectivity index (χ1n) is 9.66. The quantitative estimate of drug-likeness (QED) is 0.754.